The number of hydrogen-bond acceptors (Lipinski definition) is 9. The number of aliphatic hydroxyl groups excluding tert-OH is 4. The molecule has 2 unspecified atom stereocenters. The van der Waals surface area contributed by atoms with Crippen molar-refractivity contribution in [2.75, 3.05) is 24.6 Å². The number of allylic oxidation sites excluding steroid dienone is 2. The second-order valence-corrected chi connectivity index (χ2v) is 12.5. The molecule has 0 saturated carbocycles. The Balaban J connectivity index is 1.64. The van der Waals surface area contributed by atoms with Crippen LogP contribution in [0, 0.1) is 11.3 Å². The molecule has 1 aliphatic heterocycles. The van der Waals surface area contributed by atoms with Crippen molar-refractivity contribution >= 4 is 32.1 Å². The predicted molar refractivity (Wildman–Crippen MR) is 165 cm³/mol. The van der Waals surface area contributed by atoms with Crippen molar-refractivity contribution in [3.05, 3.63) is 59.1 Å². The third kappa shape index (κ3) is 6.63. The van der Waals surface area contributed by atoms with E-state index in [1.165, 1.54) is 12.6 Å². The SMILES string of the molecule is CCCN(CCC)c1ccc2cc(-c3ccc(/C(C)=C(\C#N)S(=O)(=O)NC4C(O)O[C@H](CO)[C@@H](O)[C@@H]4O)n3C)ccc2c1. The van der Waals surface area contributed by atoms with E-state index in [9.17, 15) is 34.1 Å². The van der Waals surface area contributed by atoms with Crippen molar-refractivity contribution in [3.63, 3.8) is 0 Å². The molecule has 1 saturated heterocycles. The lowest BCUT2D eigenvalue weighted by atomic mass is 9.98. The molecule has 0 amide bonds. The number of ether oxygens (including phenoxy) is 1. The lowest BCUT2D eigenvalue weighted by Crippen LogP contribution is -2.64. The molecule has 0 spiro atoms. The Morgan fingerprint density at radius 2 is 1.67 bits per heavy atom. The third-order valence-corrected chi connectivity index (χ3v) is 9.40. The van der Waals surface area contributed by atoms with Gasteiger partial charge in [-0.15, -0.1) is 0 Å². The highest BCUT2D eigenvalue weighted by atomic mass is 32.2. The summed E-state index contributed by atoms with van der Waals surface area (Å²) in [6.07, 6.45) is -4.47. The van der Waals surface area contributed by atoms with Gasteiger partial charge in [0, 0.05) is 42.8 Å². The average Bonchev–Trinajstić information content (AvgIpc) is 3.37. The molecule has 2 heterocycles. The summed E-state index contributed by atoms with van der Waals surface area (Å²) < 4.78 is 35.5. The minimum atomic E-state index is -4.58. The lowest BCUT2D eigenvalue weighted by Gasteiger charge is -2.40. The van der Waals surface area contributed by atoms with Gasteiger partial charge in [-0.25, -0.2) is 8.42 Å². The van der Waals surface area contributed by atoms with Gasteiger partial charge in [0.1, 0.15) is 30.4 Å². The first-order chi connectivity index (χ1) is 20.5. The molecule has 1 fully saturated rings. The molecule has 5 atom stereocenters. The minimum absolute atomic E-state index is 0.149. The van der Waals surface area contributed by atoms with E-state index in [1.807, 2.05) is 12.1 Å². The topological polar surface area (TPSA) is 168 Å². The van der Waals surface area contributed by atoms with Crippen molar-refractivity contribution in [1.82, 2.24) is 9.29 Å². The number of nitrogens with one attached hydrogen (secondary N) is 1. The molecule has 4 rings (SSSR count). The molecule has 12 heteroatoms. The molecule has 3 aromatic rings. The highest BCUT2D eigenvalue weighted by molar-refractivity contribution is 7.93. The van der Waals surface area contributed by atoms with E-state index < -0.39 is 52.2 Å². The van der Waals surface area contributed by atoms with Gasteiger partial charge in [-0.2, -0.15) is 9.98 Å². The van der Waals surface area contributed by atoms with Crippen LogP contribution in [0.15, 0.2) is 53.4 Å². The number of rotatable bonds is 11. The fourth-order valence-electron chi connectivity index (χ4n) is 5.60. The molecule has 2 aromatic carbocycles. The predicted octanol–water partition coefficient (Wildman–Crippen LogP) is 2.45. The van der Waals surface area contributed by atoms with E-state index in [0.717, 1.165) is 48.0 Å². The number of nitriles is 1. The number of sulfonamides is 1. The Labute approximate surface area is 252 Å². The minimum Gasteiger partial charge on any atom is -0.394 e. The summed E-state index contributed by atoms with van der Waals surface area (Å²) in [4.78, 5) is 1.77. The quantitative estimate of drug-likeness (QED) is 0.204. The van der Waals surface area contributed by atoms with E-state index in [2.05, 4.69) is 53.8 Å². The fourth-order valence-corrected chi connectivity index (χ4v) is 6.96. The van der Waals surface area contributed by atoms with Crippen molar-refractivity contribution in [3.8, 4) is 17.3 Å². The smallest absolute Gasteiger partial charge is 0.251 e. The number of nitrogens with zero attached hydrogens (tertiary/aromatic N) is 3. The largest absolute Gasteiger partial charge is 0.394 e. The molecule has 1 aromatic heterocycles. The molecule has 0 bridgehead atoms. The van der Waals surface area contributed by atoms with E-state index in [0.29, 0.717) is 5.69 Å². The Morgan fingerprint density at radius 1 is 1.02 bits per heavy atom. The Bertz CT molecular complexity index is 1620. The van der Waals surface area contributed by atoms with Crippen molar-refractivity contribution in [1.29, 1.82) is 5.26 Å². The van der Waals surface area contributed by atoms with E-state index in [1.54, 1.807) is 23.8 Å². The van der Waals surface area contributed by atoms with Crippen LogP contribution >= 0.6 is 0 Å². The molecule has 5 N–H and O–H groups in total. The molecular weight excluding hydrogens is 572 g/mol. The number of benzene rings is 2. The van der Waals surface area contributed by atoms with E-state index in [-0.39, 0.29) is 5.57 Å². The van der Waals surface area contributed by atoms with Crippen LogP contribution in [0.25, 0.3) is 27.6 Å². The first kappa shape index (κ1) is 32.6. The zero-order valence-corrected chi connectivity index (χ0v) is 25.6. The van der Waals surface area contributed by atoms with Crippen LogP contribution in [0.4, 0.5) is 5.69 Å². The van der Waals surface area contributed by atoms with Gasteiger partial charge in [-0.1, -0.05) is 32.0 Å². The maximum Gasteiger partial charge on any atom is 0.251 e. The average molecular weight is 613 g/mol. The summed E-state index contributed by atoms with van der Waals surface area (Å²) in [7, 11) is -2.80. The van der Waals surface area contributed by atoms with Crippen LogP contribution < -0.4 is 9.62 Å². The van der Waals surface area contributed by atoms with E-state index >= 15 is 0 Å². The standard InChI is InChI=1S/C31H40N4O7S/c1-5-13-35(14-6-2)23-10-9-20-15-22(8-7-21(20)16-23)25-12-11-24(34(25)4)19(3)27(17-32)43(40,41)33-28-30(38)29(37)26(18-36)42-31(28)39/h7-12,15-16,26,28-31,33,36-39H,5-6,13-14,18H2,1-4H3/b27-19+/t26-,28?,29-,30-,31?/m1/s1. The molecule has 0 radical (unpaired) electrons. The van der Waals surface area contributed by atoms with E-state index in [4.69, 9.17) is 4.74 Å². The van der Waals surface area contributed by atoms with Gasteiger partial charge in [0.05, 0.1) is 6.61 Å². The van der Waals surface area contributed by atoms with Crippen LogP contribution in [0.5, 0.6) is 0 Å². The molecule has 43 heavy (non-hydrogen) atoms. The van der Waals surface area contributed by atoms with Gasteiger partial charge in [-0.05, 0) is 66.4 Å². The summed E-state index contributed by atoms with van der Waals surface area (Å²) in [6.45, 7) is 7.14. The summed E-state index contributed by atoms with van der Waals surface area (Å²) in [5.41, 5.74) is 3.54. The summed E-state index contributed by atoms with van der Waals surface area (Å²) in [6, 6.07) is 16.2. The second kappa shape index (κ2) is 13.6. The number of anilines is 1. The molecule has 1 aliphatic rings. The first-order valence-corrected chi connectivity index (χ1v) is 15.8. The van der Waals surface area contributed by atoms with Gasteiger partial charge in [0.25, 0.3) is 10.0 Å². The first-order valence-electron chi connectivity index (χ1n) is 14.4. The van der Waals surface area contributed by atoms with Gasteiger partial charge in [0.2, 0.25) is 0 Å². The Hall–Kier alpha value is -3.28. The van der Waals surface area contributed by atoms with Crippen LogP contribution in [0.3, 0.4) is 0 Å². The van der Waals surface area contributed by atoms with Gasteiger partial charge < -0.3 is 34.6 Å². The summed E-state index contributed by atoms with van der Waals surface area (Å²) in [5.74, 6) is 0. The highest BCUT2D eigenvalue weighted by Crippen LogP contribution is 2.32. The molecular formula is C31H40N4O7S. The van der Waals surface area contributed by atoms with Crippen LogP contribution in [0.1, 0.15) is 39.3 Å². The van der Waals surface area contributed by atoms with Gasteiger partial charge in [0.15, 0.2) is 11.2 Å². The zero-order chi connectivity index (χ0) is 31.5. The number of fused-ring (bicyclic) bond motifs is 1. The molecule has 11 nitrogen and oxygen atoms in total. The normalized spacial score (nSPS) is 23.2. The zero-order valence-electron chi connectivity index (χ0n) is 24.8. The summed E-state index contributed by atoms with van der Waals surface area (Å²) in [5, 5.41) is 52.1. The number of hydrogen-bond donors (Lipinski definition) is 5. The molecule has 0 aliphatic carbocycles. The fraction of sp³-hybridized carbons (Fsp3) is 0.452. The van der Waals surface area contributed by atoms with Crippen LogP contribution in [-0.4, -0.2) is 83.8 Å². The maximum absolute atomic E-state index is 13.3. The monoisotopic (exact) mass is 612 g/mol. The maximum atomic E-state index is 13.3. The van der Waals surface area contributed by atoms with Gasteiger partial charge in [-0.3, -0.25) is 0 Å². The Kier molecular flexibility index (Phi) is 10.3. The third-order valence-electron chi connectivity index (χ3n) is 7.88. The highest BCUT2D eigenvalue weighted by Gasteiger charge is 2.45. The van der Waals surface area contributed by atoms with Gasteiger partial charge >= 0.3 is 0 Å². The summed E-state index contributed by atoms with van der Waals surface area (Å²) >= 11 is 0. The lowest BCUT2D eigenvalue weighted by molar-refractivity contribution is -0.251. The number of aliphatic hydroxyl groups is 4. The van der Waals surface area contributed by atoms with Crippen molar-refractivity contribution < 1.29 is 33.6 Å². The second-order valence-electron chi connectivity index (χ2n) is 10.8. The van der Waals surface area contributed by atoms with Crippen LogP contribution in [-0.2, 0) is 21.8 Å². The number of aromatic nitrogens is 1. The Morgan fingerprint density at radius 3 is 2.30 bits per heavy atom. The molecule has 232 valence electrons. The van der Waals surface area contributed by atoms with Crippen molar-refractivity contribution in [2.24, 2.45) is 7.05 Å². The van der Waals surface area contributed by atoms with Crippen LogP contribution in [0.2, 0.25) is 0 Å². The van der Waals surface area contributed by atoms with Crippen molar-refractivity contribution in [2.45, 2.75) is 64.3 Å².